The van der Waals surface area contributed by atoms with Crippen LogP contribution in [0.15, 0.2) is 42.5 Å². The van der Waals surface area contributed by atoms with Crippen LogP contribution in [0.5, 0.6) is 5.75 Å². The van der Waals surface area contributed by atoms with Gasteiger partial charge in [-0.15, -0.1) is 0 Å². The molecule has 1 aliphatic carbocycles. The Morgan fingerprint density at radius 2 is 2.00 bits per heavy atom. The molecule has 1 aromatic heterocycles. The van der Waals surface area contributed by atoms with Crippen LogP contribution in [0.2, 0.25) is 5.02 Å². The molecule has 3 aliphatic rings. The molecule has 9 heteroatoms. The second-order valence-corrected chi connectivity index (χ2v) is 11.6. The fraction of sp³-hybridized carbons (Fsp3) is 0.367. The van der Waals surface area contributed by atoms with E-state index in [0.29, 0.717) is 17.5 Å². The first-order chi connectivity index (χ1) is 18.8. The van der Waals surface area contributed by atoms with Gasteiger partial charge in [-0.2, -0.15) is 0 Å². The van der Waals surface area contributed by atoms with Crippen molar-refractivity contribution in [3.63, 3.8) is 0 Å². The van der Waals surface area contributed by atoms with Gasteiger partial charge in [0.2, 0.25) is 5.91 Å². The topological polar surface area (TPSA) is 96.5 Å². The van der Waals surface area contributed by atoms with Gasteiger partial charge in [0.1, 0.15) is 24.2 Å². The Bertz CT molecular complexity index is 1660. The van der Waals surface area contributed by atoms with Gasteiger partial charge in [0, 0.05) is 22.0 Å². The lowest BCUT2D eigenvalue weighted by Gasteiger charge is -2.31. The molecule has 2 aliphatic heterocycles. The summed E-state index contributed by atoms with van der Waals surface area (Å²) >= 11 is 6.21. The van der Waals surface area contributed by atoms with Crippen LogP contribution in [0.1, 0.15) is 44.1 Å². The van der Waals surface area contributed by atoms with Gasteiger partial charge in [0.25, 0.3) is 0 Å². The number of ether oxygens (including phenoxy) is 2. The number of nitrogens with zero attached hydrogens (tertiary/aromatic N) is 2. The molecule has 200 valence electrons. The number of fused-ring (bicyclic) bond motifs is 7. The summed E-state index contributed by atoms with van der Waals surface area (Å²) in [6.07, 6.45) is 1.25. The van der Waals surface area contributed by atoms with Gasteiger partial charge < -0.3 is 24.7 Å². The number of hydrogen-bond donors (Lipinski definition) is 2. The van der Waals surface area contributed by atoms with Crippen LogP contribution >= 0.6 is 11.6 Å². The van der Waals surface area contributed by atoms with Crippen LogP contribution in [-0.2, 0) is 16.1 Å². The number of H-pyrrole nitrogens is 1. The van der Waals surface area contributed by atoms with Gasteiger partial charge in [0.05, 0.1) is 24.2 Å². The van der Waals surface area contributed by atoms with Crippen LogP contribution in [0.3, 0.4) is 0 Å². The van der Waals surface area contributed by atoms with Gasteiger partial charge in [0.15, 0.2) is 0 Å². The SMILES string of the molecule is COC(=O)N[C@H](C(=O)N1[C@@H]2CC2C[C@H]1c1nc2ccc3cc4c(cc3c2[nH]1)OCc1cc(Cl)ccc1-4)C(C)C. The summed E-state index contributed by atoms with van der Waals surface area (Å²) in [7, 11) is 1.31. The number of benzene rings is 3. The normalized spacial score (nSPS) is 21.8. The van der Waals surface area contributed by atoms with Crippen LogP contribution < -0.4 is 10.1 Å². The predicted octanol–water partition coefficient (Wildman–Crippen LogP) is 5.97. The molecule has 2 fully saturated rings. The maximum atomic E-state index is 13.8. The van der Waals surface area contributed by atoms with Crippen LogP contribution in [0.4, 0.5) is 4.79 Å². The first-order valence-corrected chi connectivity index (χ1v) is 13.7. The lowest BCUT2D eigenvalue weighted by molar-refractivity contribution is -0.136. The number of imidazole rings is 1. The number of carbonyl (C=O) groups is 2. The number of likely N-dealkylation sites (tertiary alicyclic amines) is 1. The van der Waals surface area contributed by atoms with E-state index in [1.165, 1.54) is 7.11 Å². The third-order valence-corrected chi connectivity index (χ3v) is 8.63. The molecule has 0 spiro atoms. The molecule has 2 N–H and O–H groups in total. The number of methoxy groups -OCH3 is 1. The third kappa shape index (κ3) is 3.92. The standard InChI is InChI=1S/C30H29ClN4O4/c1-14(2)26(34-30(37)38-3)29(36)35-23-10-16(23)11-24(35)28-32-22-7-4-15-9-21-19-6-5-18(31)8-17(19)13-39-25(21)12-20(15)27(22)33-28/h4-9,12,14,16,23-24,26H,10-11,13H2,1-3H3,(H,32,33)(H,34,37)/t16?,23-,24+,26+/m1/s1. The Balaban J connectivity index is 1.26. The molecule has 1 unspecified atom stereocenters. The van der Waals surface area contributed by atoms with Crippen molar-refractivity contribution in [1.82, 2.24) is 20.2 Å². The molecule has 2 amide bonds. The molecular weight excluding hydrogens is 516 g/mol. The Kier molecular flexibility index (Phi) is 5.53. The van der Waals surface area contributed by atoms with Crippen molar-refractivity contribution < 1.29 is 19.1 Å². The first-order valence-electron chi connectivity index (χ1n) is 13.4. The van der Waals surface area contributed by atoms with E-state index in [4.69, 9.17) is 26.1 Å². The van der Waals surface area contributed by atoms with Gasteiger partial charge in [-0.1, -0.05) is 37.6 Å². The molecule has 1 saturated heterocycles. The summed E-state index contributed by atoms with van der Waals surface area (Å²) in [4.78, 5) is 36.2. The summed E-state index contributed by atoms with van der Waals surface area (Å²) in [5.74, 6) is 1.90. The fourth-order valence-corrected chi connectivity index (χ4v) is 6.51. The number of amides is 2. The van der Waals surface area contributed by atoms with Crippen molar-refractivity contribution >= 4 is 45.4 Å². The lowest BCUT2D eigenvalue weighted by atomic mass is 9.94. The van der Waals surface area contributed by atoms with E-state index >= 15 is 0 Å². The number of alkyl carbamates (subject to hydrolysis) is 1. The summed E-state index contributed by atoms with van der Waals surface area (Å²) in [5, 5.41) is 5.54. The molecule has 0 radical (unpaired) electrons. The number of piperidine rings is 1. The summed E-state index contributed by atoms with van der Waals surface area (Å²) in [5.41, 5.74) is 5.03. The van der Waals surface area contributed by atoms with Gasteiger partial charge in [-0.05, 0) is 71.5 Å². The molecule has 0 bridgehead atoms. The van der Waals surface area contributed by atoms with E-state index in [1.807, 2.05) is 43.0 Å². The highest BCUT2D eigenvalue weighted by Crippen LogP contribution is 2.53. The zero-order chi connectivity index (χ0) is 27.0. The fourth-order valence-electron chi connectivity index (χ4n) is 6.32. The van der Waals surface area contributed by atoms with Crippen molar-refractivity contribution in [2.45, 2.75) is 51.4 Å². The lowest BCUT2D eigenvalue weighted by Crippen LogP contribution is -2.52. The number of aromatic amines is 1. The minimum Gasteiger partial charge on any atom is -0.488 e. The van der Waals surface area contributed by atoms with Gasteiger partial charge in [-0.25, -0.2) is 9.78 Å². The van der Waals surface area contributed by atoms with E-state index in [2.05, 4.69) is 28.5 Å². The predicted molar refractivity (Wildman–Crippen MR) is 149 cm³/mol. The van der Waals surface area contributed by atoms with E-state index in [1.54, 1.807) is 0 Å². The zero-order valence-corrected chi connectivity index (χ0v) is 22.7. The summed E-state index contributed by atoms with van der Waals surface area (Å²) in [6, 6.07) is 13.6. The summed E-state index contributed by atoms with van der Waals surface area (Å²) in [6.45, 7) is 4.32. The van der Waals surface area contributed by atoms with Crippen LogP contribution in [0.25, 0.3) is 32.9 Å². The Labute approximate surface area is 230 Å². The second kappa shape index (κ2) is 8.88. The number of carbonyl (C=O) groups excluding carboxylic acids is 2. The average Bonchev–Trinajstić information content (AvgIpc) is 3.37. The maximum absolute atomic E-state index is 13.8. The van der Waals surface area contributed by atoms with E-state index in [0.717, 1.165) is 62.9 Å². The quantitative estimate of drug-likeness (QED) is 0.330. The Morgan fingerprint density at radius 3 is 2.79 bits per heavy atom. The molecule has 39 heavy (non-hydrogen) atoms. The van der Waals surface area contributed by atoms with Crippen LogP contribution in [0, 0.1) is 11.8 Å². The highest BCUT2D eigenvalue weighted by Gasteiger charge is 2.56. The van der Waals surface area contributed by atoms with E-state index in [9.17, 15) is 9.59 Å². The number of halogens is 1. The number of nitrogens with one attached hydrogen (secondary N) is 2. The first kappa shape index (κ1) is 24.3. The van der Waals surface area contributed by atoms with Crippen molar-refractivity contribution in [2.75, 3.05) is 7.11 Å². The Morgan fingerprint density at radius 1 is 1.15 bits per heavy atom. The van der Waals surface area contributed by atoms with Crippen LogP contribution in [-0.4, -0.2) is 46.1 Å². The van der Waals surface area contributed by atoms with E-state index < -0.39 is 12.1 Å². The molecule has 7 rings (SSSR count). The largest absolute Gasteiger partial charge is 0.488 e. The Hall–Kier alpha value is -3.78. The van der Waals surface area contributed by atoms with E-state index in [-0.39, 0.29) is 23.9 Å². The number of aromatic nitrogens is 2. The monoisotopic (exact) mass is 544 g/mol. The molecule has 3 aromatic carbocycles. The van der Waals surface area contributed by atoms with Crippen molar-refractivity contribution in [3.05, 3.63) is 58.9 Å². The zero-order valence-electron chi connectivity index (χ0n) is 22.0. The number of rotatable bonds is 4. The molecule has 1 saturated carbocycles. The van der Waals surface area contributed by atoms with Gasteiger partial charge >= 0.3 is 6.09 Å². The highest BCUT2D eigenvalue weighted by atomic mass is 35.5. The third-order valence-electron chi connectivity index (χ3n) is 8.40. The minimum atomic E-state index is -0.661. The molecular formula is C30H29ClN4O4. The second-order valence-electron chi connectivity index (χ2n) is 11.2. The molecule has 4 aromatic rings. The van der Waals surface area contributed by atoms with Crippen molar-refractivity contribution in [3.8, 4) is 16.9 Å². The highest BCUT2D eigenvalue weighted by molar-refractivity contribution is 6.30. The van der Waals surface area contributed by atoms with Gasteiger partial charge in [-0.3, -0.25) is 4.79 Å². The summed E-state index contributed by atoms with van der Waals surface area (Å²) < 4.78 is 10.9. The molecule has 4 atom stereocenters. The molecule has 3 heterocycles. The van der Waals surface area contributed by atoms with Crippen molar-refractivity contribution in [2.24, 2.45) is 11.8 Å². The average molecular weight is 545 g/mol. The minimum absolute atomic E-state index is 0.0815. The maximum Gasteiger partial charge on any atom is 0.407 e. The van der Waals surface area contributed by atoms with Crippen molar-refractivity contribution in [1.29, 1.82) is 0 Å². The molecule has 8 nitrogen and oxygen atoms in total. The number of hydrogen-bond acceptors (Lipinski definition) is 5. The smallest absolute Gasteiger partial charge is 0.407 e.